The van der Waals surface area contributed by atoms with Crippen molar-refractivity contribution in [3.63, 3.8) is 0 Å². The largest absolute Gasteiger partial charge is 0.358 e. The van der Waals surface area contributed by atoms with Crippen molar-refractivity contribution in [1.82, 2.24) is 25.0 Å². The van der Waals surface area contributed by atoms with Crippen molar-refractivity contribution >= 4 is 23.7 Å². The number of hydrogen-bond donors (Lipinski definition) is 2. The molecule has 2 amide bonds. The first-order valence-corrected chi connectivity index (χ1v) is 12.8. The molecular formula is C25H28F3N9O. The molecule has 4 aliphatic rings. The van der Waals surface area contributed by atoms with Crippen LogP contribution in [-0.4, -0.2) is 80.7 Å². The van der Waals surface area contributed by atoms with Gasteiger partial charge in [-0.15, -0.1) is 0 Å². The Bertz CT molecular complexity index is 1290. The number of aromatic amines is 1. The van der Waals surface area contributed by atoms with E-state index in [9.17, 15) is 18.0 Å². The van der Waals surface area contributed by atoms with E-state index in [-0.39, 0.29) is 25.3 Å². The molecule has 38 heavy (non-hydrogen) atoms. The molecule has 6 rings (SSSR count). The number of anilines is 2. The number of H-pyrrole nitrogens is 1. The second-order valence-electron chi connectivity index (χ2n) is 10.9. The molecule has 0 atom stereocenters. The van der Waals surface area contributed by atoms with Gasteiger partial charge in [-0.2, -0.15) is 15.5 Å². The van der Waals surface area contributed by atoms with Gasteiger partial charge in [-0.1, -0.05) is 0 Å². The van der Waals surface area contributed by atoms with Crippen LogP contribution in [0.25, 0.3) is 11.4 Å². The number of rotatable bonds is 7. The number of piperidine rings is 1. The molecule has 1 spiro atoms. The second-order valence-corrected chi connectivity index (χ2v) is 10.9. The summed E-state index contributed by atoms with van der Waals surface area (Å²) in [5, 5.41) is 24.6. The number of likely N-dealkylation sites (tertiary alicyclic amines) is 2. The third kappa shape index (κ3) is 4.87. The fourth-order valence-corrected chi connectivity index (χ4v) is 5.04. The summed E-state index contributed by atoms with van der Waals surface area (Å²) in [6.45, 7) is 0.624. The maximum absolute atomic E-state index is 14.7. The first-order chi connectivity index (χ1) is 18.2. The molecule has 4 heterocycles. The molecular weight excluding hydrogens is 499 g/mol. The Morgan fingerprint density at radius 3 is 2.74 bits per heavy atom. The van der Waals surface area contributed by atoms with E-state index in [0.717, 1.165) is 12.8 Å². The lowest BCUT2D eigenvalue weighted by Gasteiger charge is -2.40. The number of nitrogens with one attached hydrogen (secondary N) is 2. The van der Waals surface area contributed by atoms with Crippen molar-refractivity contribution < 1.29 is 18.0 Å². The van der Waals surface area contributed by atoms with Crippen LogP contribution >= 0.6 is 0 Å². The Labute approximate surface area is 217 Å². The maximum Gasteiger partial charge on any atom is 0.322 e. The van der Waals surface area contributed by atoms with Gasteiger partial charge in [-0.3, -0.25) is 15.1 Å². The normalized spacial score (nSPS) is 22.7. The van der Waals surface area contributed by atoms with Gasteiger partial charge in [-0.25, -0.2) is 18.0 Å². The van der Waals surface area contributed by atoms with Crippen molar-refractivity contribution in [2.24, 2.45) is 11.0 Å². The summed E-state index contributed by atoms with van der Waals surface area (Å²) in [4.78, 5) is 20.6. The molecule has 2 saturated carbocycles. The summed E-state index contributed by atoms with van der Waals surface area (Å²) in [7, 11) is 0. The van der Waals surface area contributed by atoms with Crippen LogP contribution in [0, 0.1) is 17.2 Å². The predicted octanol–water partition coefficient (Wildman–Crippen LogP) is 3.97. The molecule has 2 aromatic rings. The minimum Gasteiger partial charge on any atom is -0.358 e. The molecule has 2 N–H and O–H groups in total. The molecule has 13 heteroatoms. The number of carbonyl (C=O) groups is 1. The van der Waals surface area contributed by atoms with Gasteiger partial charge in [-0.05, 0) is 44.2 Å². The van der Waals surface area contributed by atoms with Crippen molar-refractivity contribution in [1.29, 1.82) is 5.26 Å². The number of aromatic nitrogens is 3. The third-order valence-corrected chi connectivity index (χ3v) is 7.84. The number of halogens is 3. The topological polar surface area (TPSA) is 117 Å². The highest BCUT2D eigenvalue weighted by Crippen LogP contribution is 2.51. The predicted molar refractivity (Wildman–Crippen MR) is 133 cm³/mol. The van der Waals surface area contributed by atoms with Gasteiger partial charge in [0.15, 0.2) is 0 Å². The molecule has 2 aliphatic heterocycles. The number of urea groups is 1. The number of nitrogens with zero attached hydrogens (tertiary/aromatic N) is 7. The summed E-state index contributed by atoms with van der Waals surface area (Å²) in [5.41, 5.74) is -0.0654. The van der Waals surface area contributed by atoms with E-state index in [1.165, 1.54) is 11.1 Å². The number of amides is 2. The Morgan fingerprint density at radius 2 is 2.03 bits per heavy atom. The van der Waals surface area contributed by atoms with Gasteiger partial charge in [0, 0.05) is 31.2 Å². The minimum absolute atomic E-state index is 0.0293. The Balaban J connectivity index is 1.21. The van der Waals surface area contributed by atoms with E-state index >= 15 is 0 Å². The van der Waals surface area contributed by atoms with Crippen LogP contribution < -0.4 is 10.3 Å². The van der Waals surface area contributed by atoms with Crippen LogP contribution in [0.1, 0.15) is 38.5 Å². The second kappa shape index (κ2) is 8.89. The first kappa shape index (κ1) is 24.5. The number of pyridine rings is 1. The smallest absolute Gasteiger partial charge is 0.322 e. The van der Waals surface area contributed by atoms with Crippen molar-refractivity contribution in [2.75, 3.05) is 36.5 Å². The van der Waals surface area contributed by atoms with Crippen LogP contribution in [0.4, 0.5) is 29.3 Å². The van der Waals surface area contributed by atoms with Gasteiger partial charge in [0.1, 0.15) is 17.7 Å². The summed E-state index contributed by atoms with van der Waals surface area (Å²) in [6, 6.07) is 5.03. The number of carbonyl (C=O) groups excluding carboxylic acids is 1. The zero-order chi connectivity index (χ0) is 26.5. The Kier molecular flexibility index (Phi) is 5.73. The highest BCUT2D eigenvalue weighted by atomic mass is 19.3. The van der Waals surface area contributed by atoms with Gasteiger partial charge < -0.3 is 15.1 Å². The zero-order valence-corrected chi connectivity index (χ0v) is 20.7. The molecule has 2 saturated heterocycles. The summed E-state index contributed by atoms with van der Waals surface area (Å²) < 4.78 is 43.0. The molecule has 0 bridgehead atoms. The monoisotopic (exact) mass is 527 g/mol. The SMILES string of the molecule is N#CC1CN(/C=N/N(CC2(F)CC2)c2ccnc(-c3[nH]ncc3NC(=O)N3CC(F)(F)CCC34CC4)c2)C1. The fourth-order valence-electron chi connectivity index (χ4n) is 5.04. The minimum atomic E-state index is -2.91. The average molecular weight is 528 g/mol. The molecule has 0 radical (unpaired) electrons. The highest BCUT2D eigenvalue weighted by Gasteiger charge is 2.57. The summed E-state index contributed by atoms with van der Waals surface area (Å²) in [6.07, 6.45) is 7.03. The maximum atomic E-state index is 14.7. The summed E-state index contributed by atoms with van der Waals surface area (Å²) >= 11 is 0. The van der Waals surface area contributed by atoms with Crippen molar-refractivity contribution in [2.45, 2.75) is 55.7 Å². The van der Waals surface area contributed by atoms with Gasteiger partial charge >= 0.3 is 6.03 Å². The van der Waals surface area contributed by atoms with Gasteiger partial charge in [0.05, 0.1) is 48.3 Å². The van der Waals surface area contributed by atoms with E-state index in [1.54, 1.807) is 29.7 Å². The molecule has 0 unspecified atom stereocenters. The molecule has 200 valence electrons. The lowest BCUT2D eigenvalue weighted by molar-refractivity contribution is -0.0721. The lowest BCUT2D eigenvalue weighted by atomic mass is 9.97. The third-order valence-electron chi connectivity index (χ3n) is 7.84. The molecule has 0 aromatic carbocycles. The van der Waals surface area contributed by atoms with Crippen molar-refractivity contribution in [3.8, 4) is 17.5 Å². The van der Waals surface area contributed by atoms with E-state index in [1.807, 2.05) is 4.90 Å². The fraction of sp³-hybridized carbons (Fsp3) is 0.560. The number of alkyl halides is 3. The van der Waals surface area contributed by atoms with E-state index < -0.39 is 29.7 Å². The van der Waals surface area contributed by atoms with Crippen LogP contribution in [-0.2, 0) is 0 Å². The quantitative estimate of drug-likeness (QED) is 0.320. The first-order valence-electron chi connectivity index (χ1n) is 12.8. The van der Waals surface area contributed by atoms with Gasteiger partial charge in [0.25, 0.3) is 5.92 Å². The molecule has 10 nitrogen and oxygen atoms in total. The summed E-state index contributed by atoms with van der Waals surface area (Å²) in [5.74, 6) is -2.94. The average Bonchev–Trinajstić information content (AvgIpc) is 3.76. The van der Waals surface area contributed by atoms with Crippen molar-refractivity contribution in [3.05, 3.63) is 24.5 Å². The van der Waals surface area contributed by atoms with Crippen LogP contribution in [0.2, 0.25) is 0 Å². The Morgan fingerprint density at radius 1 is 1.26 bits per heavy atom. The van der Waals surface area contributed by atoms with E-state index in [4.69, 9.17) is 5.26 Å². The van der Waals surface area contributed by atoms with E-state index in [0.29, 0.717) is 48.7 Å². The lowest BCUT2D eigenvalue weighted by Crippen LogP contribution is -2.54. The van der Waals surface area contributed by atoms with Crippen LogP contribution in [0.15, 0.2) is 29.6 Å². The molecule has 4 fully saturated rings. The number of hydrazone groups is 1. The van der Waals surface area contributed by atoms with Gasteiger partial charge in [0.2, 0.25) is 0 Å². The van der Waals surface area contributed by atoms with Crippen LogP contribution in [0.5, 0.6) is 0 Å². The Hall–Kier alpha value is -3.82. The standard InChI is InChI=1S/C25H28F3N9O/c26-23(2-3-23)14-37(32-16-35-12-17(10-29)13-35)18-1-8-30-19(9-18)21-20(11-31-34-21)33-22(38)36-15-25(27,28)7-6-24(36)4-5-24/h1,8-9,11,16-17H,2-7,12-15H2,(H,31,34)(H,33,38)/b32-16+. The molecule has 2 aromatic heterocycles. The number of hydrogen-bond acceptors (Lipinski definition) is 6. The van der Waals surface area contributed by atoms with Crippen LogP contribution in [0.3, 0.4) is 0 Å². The molecule has 2 aliphatic carbocycles. The zero-order valence-electron chi connectivity index (χ0n) is 20.7. The highest BCUT2D eigenvalue weighted by molar-refractivity contribution is 5.94. The number of nitriles is 1. The van der Waals surface area contributed by atoms with E-state index in [2.05, 4.69) is 31.7 Å².